The first-order chi connectivity index (χ1) is 10.5. The Labute approximate surface area is 136 Å². The molecule has 1 atom stereocenters. The first-order valence-electron chi connectivity index (χ1n) is 7.79. The standard InChI is InChI=1S/C17H23ClN2O2/c1-20(16(22)10-6-12-19)17(11-5-4-9-15(17)21)13-7-2-3-8-14(13)18/h2-3,7-8H,4-6,9-12,19H2,1H3/t17-/m0/s1. The number of carbonyl (C=O) groups excluding carboxylic acids is 2. The molecule has 0 spiro atoms. The van der Waals surface area contributed by atoms with Gasteiger partial charge in [0.25, 0.3) is 0 Å². The second kappa shape index (κ2) is 7.25. The molecule has 4 nitrogen and oxygen atoms in total. The number of ketones is 1. The van der Waals surface area contributed by atoms with Crippen molar-refractivity contribution in [2.75, 3.05) is 13.6 Å². The van der Waals surface area contributed by atoms with E-state index in [1.807, 2.05) is 18.2 Å². The molecule has 0 saturated heterocycles. The molecular weight excluding hydrogens is 300 g/mol. The highest BCUT2D eigenvalue weighted by Gasteiger charge is 2.47. The molecular formula is C17H23ClN2O2. The van der Waals surface area contributed by atoms with E-state index < -0.39 is 5.54 Å². The van der Waals surface area contributed by atoms with Gasteiger partial charge in [0, 0.05) is 30.5 Å². The number of halogens is 1. The van der Waals surface area contributed by atoms with Gasteiger partial charge >= 0.3 is 0 Å². The van der Waals surface area contributed by atoms with Crippen LogP contribution in [0.1, 0.15) is 44.1 Å². The molecule has 5 heteroatoms. The number of Topliss-reactive ketones (excluding diaryl/α,β-unsaturated/α-hetero) is 1. The van der Waals surface area contributed by atoms with E-state index in [9.17, 15) is 9.59 Å². The number of hydrogen-bond donors (Lipinski definition) is 1. The number of rotatable bonds is 5. The van der Waals surface area contributed by atoms with E-state index in [0.717, 1.165) is 18.4 Å². The molecule has 1 aliphatic carbocycles. The zero-order valence-corrected chi connectivity index (χ0v) is 13.7. The van der Waals surface area contributed by atoms with Crippen LogP contribution in [0.5, 0.6) is 0 Å². The fourth-order valence-corrected chi connectivity index (χ4v) is 3.56. The molecule has 0 unspecified atom stereocenters. The Balaban J connectivity index is 2.45. The summed E-state index contributed by atoms with van der Waals surface area (Å²) in [6.45, 7) is 0.465. The molecule has 0 bridgehead atoms. The molecule has 1 aromatic carbocycles. The van der Waals surface area contributed by atoms with Crippen molar-refractivity contribution in [1.82, 2.24) is 4.90 Å². The molecule has 120 valence electrons. The monoisotopic (exact) mass is 322 g/mol. The normalized spacial score (nSPS) is 21.7. The van der Waals surface area contributed by atoms with E-state index in [0.29, 0.717) is 37.3 Å². The van der Waals surface area contributed by atoms with Gasteiger partial charge in [-0.25, -0.2) is 0 Å². The van der Waals surface area contributed by atoms with Crippen molar-refractivity contribution in [3.63, 3.8) is 0 Å². The number of nitrogens with zero attached hydrogens (tertiary/aromatic N) is 1. The minimum absolute atomic E-state index is 0.0550. The lowest BCUT2D eigenvalue weighted by molar-refractivity contribution is -0.148. The Bertz CT molecular complexity index is 561. The van der Waals surface area contributed by atoms with Crippen LogP contribution < -0.4 is 5.73 Å². The summed E-state index contributed by atoms with van der Waals surface area (Å²) in [5.74, 6) is 0.0241. The maximum atomic E-state index is 12.8. The van der Waals surface area contributed by atoms with Crippen molar-refractivity contribution in [1.29, 1.82) is 0 Å². The highest BCUT2D eigenvalue weighted by atomic mass is 35.5. The van der Waals surface area contributed by atoms with Crippen molar-refractivity contribution >= 4 is 23.3 Å². The number of carbonyl (C=O) groups is 2. The zero-order valence-electron chi connectivity index (χ0n) is 13.0. The van der Waals surface area contributed by atoms with Gasteiger partial charge in [0.15, 0.2) is 5.78 Å². The van der Waals surface area contributed by atoms with Crippen LogP contribution in [0.4, 0.5) is 0 Å². The van der Waals surface area contributed by atoms with Gasteiger partial charge in [-0.15, -0.1) is 0 Å². The van der Waals surface area contributed by atoms with Crippen molar-refractivity contribution in [2.24, 2.45) is 5.73 Å². The van der Waals surface area contributed by atoms with Crippen LogP contribution in [0.2, 0.25) is 5.02 Å². The fourth-order valence-electron chi connectivity index (χ4n) is 3.26. The maximum absolute atomic E-state index is 12.8. The predicted octanol–water partition coefficient (Wildman–Crippen LogP) is 2.88. The summed E-state index contributed by atoms with van der Waals surface area (Å²) in [5.41, 5.74) is 5.30. The first-order valence-corrected chi connectivity index (χ1v) is 8.17. The Morgan fingerprint density at radius 3 is 2.73 bits per heavy atom. The van der Waals surface area contributed by atoms with E-state index in [2.05, 4.69) is 0 Å². The summed E-state index contributed by atoms with van der Waals surface area (Å²) in [6.07, 6.45) is 3.87. The molecule has 1 saturated carbocycles. The van der Waals surface area contributed by atoms with Gasteiger partial charge in [-0.1, -0.05) is 29.8 Å². The summed E-state index contributed by atoms with van der Waals surface area (Å²) in [4.78, 5) is 26.9. The topological polar surface area (TPSA) is 63.4 Å². The summed E-state index contributed by atoms with van der Waals surface area (Å²) >= 11 is 6.36. The number of benzene rings is 1. The maximum Gasteiger partial charge on any atom is 0.223 e. The fraction of sp³-hybridized carbons (Fsp3) is 0.529. The van der Waals surface area contributed by atoms with Gasteiger partial charge in [-0.05, 0) is 38.3 Å². The van der Waals surface area contributed by atoms with Crippen LogP contribution in [-0.2, 0) is 15.1 Å². The Kier molecular flexibility index (Phi) is 5.59. The third-order valence-electron chi connectivity index (χ3n) is 4.51. The molecule has 22 heavy (non-hydrogen) atoms. The second-order valence-corrected chi connectivity index (χ2v) is 6.22. The van der Waals surface area contributed by atoms with E-state index in [1.165, 1.54) is 0 Å². The minimum Gasteiger partial charge on any atom is -0.330 e. The van der Waals surface area contributed by atoms with Crippen molar-refractivity contribution in [3.8, 4) is 0 Å². The summed E-state index contributed by atoms with van der Waals surface area (Å²) in [6, 6.07) is 7.34. The SMILES string of the molecule is CN(C(=O)CCCN)[C@]1(c2ccccc2Cl)CCCCC1=O. The van der Waals surface area contributed by atoms with Crippen LogP contribution in [0, 0.1) is 0 Å². The van der Waals surface area contributed by atoms with Crippen LogP contribution in [0.25, 0.3) is 0 Å². The van der Waals surface area contributed by atoms with Crippen molar-refractivity contribution in [2.45, 2.75) is 44.1 Å². The smallest absolute Gasteiger partial charge is 0.223 e. The van der Waals surface area contributed by atoms with E-state index in [-0.39, 0.29) is 11.7 Å². The van der Waals surface area contributed by atoms with Crippen molar-refractivity contribution < 1.29 is 9.59 Å². The molecule has 1 aromatic rings. The Morgan fingerprint density at radius 1 is 1.36 bits per heavy atom. The average molecular weight is 323 g/mol. The van der Waals surface area contributed by atoms with Gasteiger partial charge in [-0.3, -0.25) is 9.59 Å². The van der Waals surface area contributed by atoms with Crippen LogP contribution in [0.3, 0.4) is 0 Å². The molecule has 2 N–H and O–H groups in total. The first kappa shape index (κ1) is 17.0. The van der Waals surface area contributed by atoms with Gasteiger partial charge in [-0.2, -0.15) is 0 Å². The molecule has 0 aromatic heterocycles. The summed E-state index contributed by atoms with van der Waals surface area (Å²) in [7, 11) is 1.71. The zero-order chi connectivity index (χ0) is 16.2. The van der Waals surface area contributed by atoms with E-state index >= 15 is 0 Å². The highest BCUT2D eigenvalue weighted by molar-refractivity contribution is 6.31. The average Bonchev–Trinajstić information content (AvgIpc) is 2.53. The molecule has 1 aliphatic rings. The van der Waals surface area contributed by atoms with Gasteiger partial charge in [0.05, 0.1) is 0 Å². The number of nitrogens with two attached hydrogens (primary N) is 1. The van der Waals surface area contributed by atoms with Crippen LogP contribution in [0.15, 0.2) is 24.3 Å². The van der Waals surface area contributed by atoms with Crippen LogP contribution in [-0.4, -0.2) is 30.2 Å². The predicted molar refractivity (Wildman–Crippen MR) is 87.7 cm³/mol. The quantitative estimate of drug-likeness (QED) is 0.906. The summed E-state index contributed by atoms with van der Waals surface area (Å²) in [5, 5.41) is 0.538. The Hall–Kier alpha value is -1.39. The number of likely N-dealkylation sites (N-methyl/N-ethyl adjacent to an activating group) is 1. The molecule has 0 heterocycles. The minimum atomic E-state index is -0.928. The lowest BCUT2D eigenvalue weighted by atomic mass is 9.74. The number of amides is 1. The largest absolute Gasteiger partial charge is 0.330 e. The highest BCUT2D eigenvalue weighted by Crippen LogP contribution is 2.42. The molecule has 0 aliphatic heterocycles. The molecule has 0 radical (unpaired) electrons. The number of hydrogen-bond acceptors (Lipinski definition) is 3. The van der Waals surface area contributed by atoms with Gasteiger partial charge in [0.2, 0.25) is 5.91 Å². The Morgan fingerprint density at radius 2 is 2.09 bits per heavy atom. The third-order valence-corrected chi connectivity index (χ3v) is 4.84. The lowest BCUT2D eigenvalue weighted by Crippen LogP contribution is -2.54. The molecule has 2 rings (SSSR count). The molecule has 1 fully saturated rings. The molecule has 1 amide bonds. The summed E-state index contributed by atoms with van der Waals surface area (Å²) < 4.78 is 0. The second-order valence-electron chi connectivity index (χ2n) is 5.82. The lowest BCUT2D eigenvalue weighted by Gasteiger charge is -2.44. The van der Waals surface area contributed by atoms with Gasteiger partial charge in [0.1, 0.15) is 5.54 Å². The van der Waals surface area contributed by atoms with E-state index in [4.69, 9.17) is 17.3 Å². The van der Waals surface area contributed by atoms with E-state index in [1.54, 1.807) is 18.0 Å². The van der Waals surface area contributed by atoms with Gasteiger partial charge < -0.3 is 10.6 Å². The van der Waals surface area contributed by atoms with Crippen LogP contribution >= 0.6 is 11.6 Å². The van der Waals surface area contributed by atoms with Crippen molar-refractivity contribution in [3.05, 3.63) is 34.9 Å². The third kappa shape index (κ3) is 3.03.